The molecule has 0 unspecified atom stereocenters. The van der Waals surface area contributed by atoms with Gasteiger partial charge in [-0.3, -0.25) is 10.1 Å². The molecule has 0 radical (unpaired) electrons. The number of nitro groups is 1. The molecule has 0 atom stereocenters. The Morgan fingerprint density at radius 3 is 2.56 bits per heavy atom. The van der Waals surface area contributed by atoms with Crippen molar-refractivity contribution in [1.82, 2.24) is 4.98 Å². The number of rotatable bonds is 6. The van der Waals surface area contributed by atoms with Crippen LogP contribution in [-0.4, -0.2) is 29.0 Å². The highest BCUT2D eigenvalue weighted by molar-refractivity contribution is 5.69. The first kappa shape index (κ1) is 18.9. The number of benzene rings is 1. The lowest BCUT2D eigenvalue weighted by Crippen LogP contribution is -2.30. The molecule has 2 heterocycles. The summed E-state index contributed by atoms with van der Waals surface area (Å²) < 4.78 is 14.6. The fourth-order valence-electron chi connectivity index (χ4n) is 3.18. The van der Waals surface area contributed by atoms with Crippen molar-refractivity contribution in [3.63, 3.8) is 0 Å². The van der Waals surface area contributed by atoms with E-state index >= 15 is 0 Å². The molecule has 1 aliphatic heterocycles. The summed E-state index contributed by atoms with van der Waals surface area (Å²) in [5.41, 5.74) is 0.827. The topological polar surface area (TPSA) is 83.3 Å². The second-order valence-electron chi connectivity index (χ2n) is 6.96. The van der Waals surface area contributed by atoms with Crippen molar-refractivity contribution >= 4 is 28.7 Å². The van der Waals surface area contributed by atoms with Gasteiger partial charge in [0.05, 0.1) is 10.6 Å². The lowest BCUT2D eigenvalue weighted by Gasteiger charge is -2.29. The van der Waals surface area contributed by atoms with Gasteiger partial charge in [-0.15, -0.1) is 0 Å². The van der Waals surface area contributed by atoms with E-state index in [1.807, 2.05) is 18.7 Å². The van der Waals surface area contributed by atoms with E-state index < -0.39 is 4.92 Å². The molecule has 0 bridgehead atoms. The van der Waals surface area contributed by atoms with Crippen LogP contribution < -0.4 is 15.5 Å². The van der Waals surface area contributed by atoms with Crippen molar-refractivity contribution in [1.29, 1.82) is 0 Å². The summed E-state index contributed by atoms with van der Waals surface area (Å²) in [6.45, 7) is 5.59. The van der Waals surface area contributed by atoms with Crippen LogP contribution in [0.25, 0.3) is 0 Å². The smallest absolute Gasteiger partial charge is 0.311 e. The number of aromatic nitrogens is 1. The van der Waals surface area contributed by atoms with Crippen LogP contribution in [0.2, 0.25) is 0 Å². The molecular formula is C19H24FN5O2. The number of anilines is 4. The fraction of sp³-hybridized carbons (Fsp3) is 0.421. The van der Waals surface area contributed by atoms with Crippen LogP contribution in [0.4, 0.5) is 33.1 Å². The van der Waals surface area contributed by atoms with Crippen LogP contribution in [0.3, 0.4) is 0 Å². The lowest BCUT2D eigenvalue weighted by atomic mass is 10.1. The van der Waals surface area contributed by atoms with Crippen molar-refractivity contribution in [2.75, 3.05) is 28.6 Å². The molecule has 1 saturated heterocycles. The minimum absolute atomic E-state index is 0.0794. The Kier molecular flexibility index (Phi) is 5.73. The Bertz CT molecular complexity index is 822. The van der Waals surface area contributed by atoms with Crippen LogP contribution in [0.1, 0.15) is 33.1 Å². The first-order valence-electron chi connectivity index (χ1n) is 9.17. The van der Waals surface area contributed by atoms with Gasteiger partial charge in [0, 0.05) is 30.9 Å². The quantitative estimate of drug-likeness (QED) is 0.565. The van der Waals surface area contributed by atoms with Gasteiger partial charge in [-0.05, 0) is 57.4 Å². The average molecular weight is 373 g/mol. The molecule has 0 saturated carbocycles. The van der Waals surface area contributed by atoms with Gasteiger partial charge in [0.15, 0.2) is 0 Å². The third kappa shape index (κ3) is 4.64. The first-order chi connectivity index (χ1) is 12.9. The third-order valence-electron chi connectivity index (χ3n) is 4.41. The number of hydrogen-bond acceptors (Lipinski definition) is 6. The highest BCUT2D eigenvalue weighted by Crippen LogP contribution is 2.30. The summed E-state index contributed by atoms with van der Waals surface area (Å²) in [5.74, 6) is 0.250. The highest BCUT2D eigenvalue weighted by Gasteiger charge is 2.19. The normalized spacial score (nSPS) is 14.3. The van der Waals surface area contributed by atoms with E-state index in [4.69, 9.17) is 0 Å². The van der Waals surface area contributed by atoms with E-state index in [1.165, 1.54) is 18.6 Å². The Morgan fingerprint density at radius 1 is 1.19 bits per heavy atom. The van der Waals surface area contributed by atoms with Crippen LogP contribution in [0.15, 0.2) is 30.3 Å². The second kappa shape index (κ2) is 8.20. The number of pyridine rings is 1. The molecule has 0 aliphatic carbocycles. The van der Waals surface area contributed by atoms with Gasteiger partial charge in [0.25, 0.3) is 0 Å². The minimum atomic E-state index is -0.507. The second-order valence-corrected chi connectivity index (χ2v) is 6.96. The molecule has 0 amide bonds. The molecule has 2 N–H and O–H groups in total. The van der Waals surface area contributed by atoms with Crippen LogP contribution in [0.5, 0.6) is 0 Å². The van der Waals surface area contributed by atoms with E-state index in [9.17, 15) is 14.5 Å². The SMILES string of the molecule is CC(C)Nc1ccc([N+](=O)[O-])c(Nc2ccc(N3CCCCC3)c(F)c2)n1. The predicted molar refractivity (Wildman–Crippen MR) is 105 cm³/mol. The van der Waals surface area contributed by atoms with E-state index in [2.05, 4.69) is 15.6 Å². The largest absolute Gasteiger partial charge is 0.369 e. The molecular weight excluding hydrogens is 349 g/mol. The van der Waals surface area contributed by atoms with Gasteiger partial charge in [0.1, 0.15) is 11.6 Å². The molecule has 0 spiro atoms. The van der Waals surface area contributed by atoms with Crippen molar-refractivity contribution in [2.24, 2.45) is 0 Å². The molecule has 2 aromatic rings. The monoisotopic (exact) mass is 373 g/mol. The van der Waals surface area contributed by atoms with Crippen LogP contribution in [-0.2, 0) is 0 Å². The lowest BCUT2D eigenvalue weighted by molar-refractivity contribution is -0.384. The van der Waals surface area contributed by atoms with Gasteiger partial charge in [-0.25, -0.2) is 9.37 Å². The molecule has 1 aromatic carbocycles. The van der Waals surface area contributed by atoms with Crippen molar-refractivity contribution in [3.8, 4) is 0 Å². The molecule has 8 heteroatoms. The first-order valence-corrected chi connectivity index (χ1v) is 9.17. The Labute approximate surface area is 157 Å². The summed E-state index contributed by atoms with van der Waals surface area (Å²) in [7, 11) is 0. The van der Waals surface area contributed by atoms with Crippen molar-refractivity contribution in [3.05, 3.63) is 46.3 Å². The Hall–Kier alpha value is -2.90. The molecule has 27 heavy (non-hydrogen) atoms. The van der Waals surface area contributed by atoms with E-state index in [1.54, 1.807) is 18.2 Å². The predicted octanol–water partition coefficient (Wildman–Crippen LogP) is 4.68. The molecule has 1 aromatic heterocycles. The number of nitrogens with one attached hydrogen (secondary N) is 2. The fourth-order valence-corrected chi connectivity index (χ4v) is 3.18. The summed E-state index contributed by atoms with van der Waals surface area (Å²) in [5, 5.41) is 17.3. The maximum atomic E-state index is 14.6. The number of piperidine rings is 1. The third-order valence-corrected chi connectivity index (χ3v) is 4.41. The van der Waals surface area contributed by atoms with Gasteiger partial charge >= 0.3 is 5.69 Å². The van der Waals surface area contributed by atoms with E-state index in [0.717, 1.165) is 25.9 Å². The van der Waals surface area contributed by atoms with Crippen molar-refractivity contribution < 1.29 is 9.31 Å². The maximum Gasteiger partial charge on any atom is 0.311 e. The number of halogens is 1. The average Bonchev–Trinajstić information content (AvgIpc) is 2.62. The molecule has 1 aliphatic rings. The molecule has 3 rings (SSSR count). The number of hydrogen-bond donors (Lipinski definition) is 2. The number of nitrogens with zero attached hydrogens (tertiary/aromatic N) is 3. The van der Waals surface area contributed by atoms with Gasteiger partial charge in [-0.1, -0.05) is 0 Å². The standard InChI is InChI=1S/C19H24FN5O2/c1-13(2)21-18-9-8-17(25(26)27)19(23-18)22-14-6-7-16(15(20)12-14)24-10-4-3-5-11-24/h6-9,12-13H,3-5,10-11H2,1-2H3,(H2,21,22,23). The van der Waals surface area contributed by atoms with Crippen LogP contribution in [0, 0.1) is 15.9 Å². The molecule has 144 valence electrons. The van der Waals surface area contributed by atoms with E-state index in [-0.39, 0.29) is 23.4 Å². The molecule has 7 nitrogen and oxygen atoms in total. The van der Waals surface area contributed by atoms with Crippen molar-refractivity contribution in [2.45, 2.75) is 39.2 Å². The summed E-state index contributed by atoms with van der Waals surface area (Å²) in [4.78, 5) is 17.1. The van der Waals surface area contributed by atoms with Crippen LogP contribution >= 0.6 is 0 Å². The Morgan fingerprint density at radius 2 is 1.93 bits per heavy atom. The van der Waals surface area contributed by atoms with Gasteiger partial charge < -0.3 is 15.5 Å². The molecule has 1 fully saturated rings. The van der Waals surface area contributed by atoms with Gasteiger partial charge in [0.2, 0.25) is 5.82 Å². The summed E-state index contributed by atoms with van der Waals surface area (Å²) in [6, 6.07) is 7.87. The van der Waals surface area contributed by atoms with Gasteiger partial charge in [-0.2, -0.15) is 0 Å². The highest BCUT2D eigenvalue weighted by atomic mass is 19.1. The minimum Gasteiger partial charge on any atom is -0.369 e. The zero-order chi connectivity index (χ0) is 19.4. The van der Waals surface area contributed by atoms with E-state index in [0.29, 0.717) is 17.2 Å². The summed E-state index contributed by atoms with van der Waals surface area (Å²) >= 11 is 0. The summed E-state index contributed by atoms with van der Waals surface area (Å²) in [6.07, 6.45) is 3.30. The Balaban J connectivity index is 1.85. The zero-order valence-electron chi connectivity index (χ0n) is 15.5. The maximum absolute atomic E-state index is 14.6. The zero-order valence-corrected chi connectivity index (χ0v) is 15.5.